The van der Waals surface area contributed by atoms with E-state index in [-0.39, 0.29) is 12.4 Å². The summed E-state index contributed by atoms with van der Waals surface area (Å²) < 4.78 is 29.9. The molecule has 0 aliphatic rings. The van der Waals surface area contributed by atoms with Crippen LogP contribution in [0.1, 0.15) is 6.92 Å². The highest BCUT2D eigenvalue weighted by Crippen LogP contribution is 2.23. The lowest BCUT2D eigenvalue weighted by Crippen LogP contribution is -2.48. The largest absolute Gasteiger partial charge is 0.484 e. The summed E-state index contributed by atoms with van der Waals surface area (Å²) in [5, 5.41) is 0. The molecule has 3 aromatic carbocycles. The number of hydrazine groups is 1. The molecule has 2 amide bonds. The molecule has 8 heteroatoms. The fourth-order valence-electron chi connectivity index (χ4n) is 2.43. The molecule has 1 unspecified atom stereocenters. The molecule has 31 heavy (non-hydrogen) atoms. The van der Waals surface area contributed by atoms with Gasteiger partial charge in [-0.25, -0.2) is 4.39 Å². The van der Waals surface area contributed by atoms with Gasteiger partial charge in [-0.15, -0.1) is 0 Å². The third kappa shape index (κ3) is 6.74. The maximum atomic E-state index is 13.6. The number of para-hydroxylation sites is 2. The number of nitrogens with one attached hydrogen (secondary N) is 2. The van der Waals surface area contributed by atoms with Gasteiger partial charge in [0.15, 0.2) is 24.3 Å². The molecule has 7 nitrogen and oxygen atoms in total. The van der Waals surface area contributed by atoms with Gasteiger partial charge in [0.1, 0.15) is 17.2 Å². The highest BCUT2D eigenvalue weighted by molar-refractivity contribution is 5.85. The van der Waals surface area contributed by atoms with Crippen molar-refractivity contribution in [2.75, 3.05) is 6.61 Å². The molecule has 0 radical (unpaired) electrons. The van der Waals surface area contributed by atoms with E-state index in [1.165, 1.54) is 25.1 Å². The number of amides is 2. The first-order valence-electron chi connectivity index (χ1n) is 9.47. The zero-order chi connectivity index (χ0) is 22.1. The number of ether oxygens (including phenoxy) is 3. The normalized spacial score (nSPS) is 11.2. The van der Waals surface area contributed by atoms with E-state index in [2.05, 4.69) is 10.9 Å². The van der Waals surface area contributed by atoms with E-state index >= 15 is 0 Å². The molecule has 3 aromatic rings. The Hall–Kier alpha value is -4.07. The second kappa shape index (κ2) is 10.6. The van der Waals surface area contributed by atoms with Crippen molar-refractivity contribution in [3.63, 3.8) is 0 Å². The summed E-state index contributed by atoms with van der Waals surface area (Å²) >= 11 is 0. The van der Waals surface area contributed by atoms with Crippen molar-refractivity contribution < 1.29 is 28.2 Å². The van der Waals surface area contributed by atoms with Gasteiger partial charge >= 0.3 is 0 Å². The number of benzene rings is 3. The molecule has 0 saturated heterocycles. The minimum Gasteiger partial charge on any atom is -0.484 e. The summed E-state index contributed by atoms with van der Waals surface area (Å²) in [6.45, 7) is 1.12. The standard InChI is InChI=1S/C23H21FN2O5/c1-16(30-21-10-6-5-9-20(21)24)23(28)26-25-22(27)15-29-17-11-13-19(14-12-17)31-18-7-3-2-4-8-18/h2-14,16H,15H2,1H3,(H,25,27)(H,26,28). The van der Waals surface area contributed by atoms with E-state index in [9.17, 15) is 14.0 Å². The fraction of sp³-hybridized carbons (Fsp3) is 0.130. The van der Waals surface area contributed by atoms with E-state index in [1.807, 2.05) is 30.3 Å². The molecule has 0 aromatic heterocycles. The van der Waals surface area contributed by atoms with Gasteiger partial charge in [-0.2, -0.15) is 0 Å². The third-order valence-electron chi connectivity index (χ3n) is 4.01. The van der Waals surface area contributed by atoms with Gasteiger partial charge in [0.2, 0.25) is 0 Å². The Morgan fingerprint density at radius 3 is 2.16 bits per heavy atom. The van der Waals surface area contributed by atoms with E-state index < -0.39 is 23.7 Å². The minimum absolute atomic E-state index is 0.0560. The van der Waals surface area contributed by atoms with Crippen LogP contribution in [0.2, 0.25) is 0 Å². The van der Waals surface area contributed by atoms with Crippen molar-refractivity contribution in [3.8, 4) is 23.0 Å². The second-order valence-electron chi connectivity index (χ2n) is 6.40. The van der Waals surface area contributed by atoms with Crippen LogP contribution in [0, 0.1) is 5.82 Å². The zero-order valence-corrected chi connectivity index (χ0v) is 16.7. The van der Waals surface area contributed by atoms with Crippen molar-refractivity contribution in [1.29, 1.82) is 0 Å². The van der Waals surface area contributed by atoms with Crippen LogP contribution in [0.3, 0.4) is 0 Å². The number of hydrogen-bond donors (Lipinski definition) is 2. The maximum absolute atomic E-state index is 13.6. The minimum atomic E-state index is -1.02. The summed E-state index contributed by atoms with van der Waals surface area (Å²) in [5.74, 6) is -0.0638. The van der Waals surface area contributed by atoms with Crippen molar-refractivity contribution >= 4 is 11.8 Å². The Morgan fingerprint density at radius 2 is 1.45 bits per heavy atom. The Morgan fingerprint density at radius 1 is 0.839 bits per heavy atom. The molecule has 0 fully saturated rings. The van der Waals surface area contributed by atoms with Gasteiger partial charge < -0.3 is 14.2 Å². The molecule has 1 atom stereocenters. The van der Waals surface area contributed by atoms with Crippen LogP contribution in [-0.2, 0) is 9.59 Å². The van der Waals surface area contributed by atoms with E-state index in [1.54, 1.807) is 30.3 Å². The van der Waals surface area contributed by atoms with E-state index in [4.69, 9.17) is 14.2 Å². The Balaban J connectivity index is 1.39. The molecule has 3 rings (SSSR count). The van der Waals surface area contributed by atoms with E-state index in [0.29, 0.717) is 17.2 Å². The van der Waals surface area contributed by atoms with Gasteiger partial charge in [0, 0.05) is 0 Å². The van der Waals surface area contributed by atoms with Crippen molar-refractivity contribution in [3.05, 3.63) is 84.7 Å². The maximum Gasteiger partial charge on any atom is 0.279 e. The van der Waals surface area contributed by atoms with Crippen LogP contribution in [0.25, 0.3) is 0 Å². The van der Waals surface area contributed by atoms with Crippen LogP contribution in [-0.4, -0.2) is 24.5 Å². The molecular formula is C23H21FN2O5. The quantitative estimate of drug-likeness (QED) is 0.540. The van der Waals surface area contributed by atoms with Gasteiger partial charge in [0.05, 0.1) is 0 Å². The summed E-state index contributed by atoms with van der Waals surface area (Å²) in [6, 6.07) is 21.8. The first-order valence-corrected chi connectivity index (χ1v) is 9.47. The first-order chi connectivity index (χ1) is 15.0. The Labute approximate surface area is 178 Å². The van der Waals surface area contributed by atoms with Crippen LogP contribution in [0.5, 0.6) is 23.0 Å². The molecule has 0 saturated carbocycles. The van der Waals surface area contributed by atoms with Gasteiger partial charge in [-0.1, -0.05) is 30.3 Å². The van der Waals surface area contributed by atoms with E-state index in [0.717, 1.165) is 0 Å². The lowest BCUT2D eigenvalue weighted by molar-refractivity contribution is -0.133. The molecule has 2 N–H and O–H groups in total. The van der Waals surface area contributed by atoms with Crippen molar-refractivity contribution in [2.45, 2.75) is 13.0 Å². The highest BCUT2D eigenvalue weighted by Gasteiger charge is 2.17. The lowest BCUT2D eigenvalue weighted by atomic mass is 10.3. The monoisotopic (exact) mass is 424 g/mol. The van der Waals surface area contributed by atoms with Crippen LogP contribution in [0.4, 0.5) is 4.39 Å². The second-order valence-corrected chi connectivity index (χ2v) is 6.40. The third-order valence-corrected chi connectivity index (χ3v) is 4.01. The van der Waals surface area contributed by atoms with Crippen LogP contribution in [0.15, 0.2) is 78.9 Å². The van der Waals surface area contributed by atoms with Crippen molar-refractivity contribution in [2.24, 2.45) is 0 Å². The zero-order valence-electron chi connectivity index (χ0n) is 16.7. The average molecular weight is 424 g/mol. The average Bonchev–Trinajstić information content (AvgIpc) is 2.79. The summed E-state index contributed by atoms with van der Waals surface area (Å²) in [7, 11) is 0. The number of hydrogen-bond acceptors (Lipinski definition) is 5. The molecule has 160 valence electrons. The highest BCUT2D eigenvalue weighted by atomic mass is 19.1. The number of carbonyl (C=O) groups is 2. The number of halogens is 1. The van der Waals surface area contributed by atoms with Crippen molar-refractivity contribution in [1.82, 2.24) is 10.9 Å². The molecule has 0 aliphatic heterocycles. The Kier molecular flexibility index (Phi) is 7.42. The topological polar surface area (TPSA) is 85.9 Å². The number of carbonyl (C=O) groups excluding carboxylic acids is 2. The smallest absolute Gasteiger partial charge is 0.279 e. The predicted molar refractivity (Wildman–Crippen MR) is 111 cm³/mol. The first kappa shape index (κ1) is 21.6. The molecule has 0 aliphatic carbocycles. The van der Waals surface area contributed by atoms with Gasteiger partial charge in [-0.05, 0) is 55.5 Å². The molecular weight excluding hydrogens is 403 g/mol. The summed E-state index contributed by atoms with van der Waals surface area (Å²) in [5.41, 5.74) is 4.42. The SMILES string of the molecule is CC(Oc1ccccc1F)C(=O)NNC(=O)COc1ccc(Oc2ccccc2)cc1. The number of rotatable bonds is 8. The van der Waals surface area contributed by atoms with Crippen LogP contribution < -0.4 is 25.1 Å². The molecule has 0 spiro atoms. The predicted octanol–water partition coefficient (Wildman–Crippen LogP) is 3.61. The Bertz CT molecular complexity index is 1010. The lowest BCUT2D eigenvalue weighted by Gasteiger charge is -2.15. The molecule has 0 heterocycles. The van der Waals surface area contributed by atoms with Crippen LogP contribution >= 0.6 is 0 Å². The fourth-order valence-corrected chi connectivity index (χ4v) is 2.43. The summed E-state index contributed by atoms with van der Waals surface area (Å²) in [4.78, 5) is 23.9. The van der Waals surface area contributed by atoms with Gasteiger partial charge in [-0.3, -0.25) is 20.4 Å². The molecule has 0 bridgehead atoms. The summed E-state index contributed by atoms with van der Waals surface area (Å²) in [6.07, 6.45) is -1.02. The van der Waals surface area contributed by atoms with Gasteiger partial charge in [0.25, 0.3) is 11.8 Å².